The molecule has 0 spiro atoms. The van der Waals surface area contributed by atoms with Gasteiger partial charge in [-0.1, -0.05) is 18.2 Å². The molecular formula is C19H19N3O6. The van der Waals surface area contributed by atoms with E-state index in [0.29, 0.717) is 11.3 Å². The fourth-order valence-electron chi connectivity index (χ4n) is 2.65. The van der Waals surface area contributed by atoms with Crippen molar-refractivity contribution in [1.29, 1.82) is 0 Å². The van der Waals surface area contributed by atoms with E-state index in [1.165, 1.54) is 19.3 Å². The average Bonchev–Trinajstić information content (AvgIpc) is 3.31. The standard InChI is InChI=1S/C19H19N3O6/c1-12(17(24)20-9-14-6-4-8-27-14)28-18(25)15-7-3-2-5-13(15)11-22-16(23)10-21-19(22)26/h2-8,12H,9-11H2,1H3,(H,20,24)(H,21,26). The first-order valence-electron chi connectivity index (χ1n) is 8.63. The van der Waals surface area contributed by atoms with Crippen LogP contribution in [-0.2, 0) is 27.4 Å². The molecule has 3 rings (SSSR count). The van der Waals surface area contributed by atoms with Crippen LogP contribution in [0.25, 0.3) is 0 Å². The molecule has 1 atom stereocenters. The second kappa shape index (κ2) is 8.38. The minimum Gasteiger partial charge on any atom is -0.467 e. The third kappa shape index (κ3) is 4.37. The van der Waals surface area contributed by atoms with Crippen LogP contribution in [0.2, 0.25) is 0 Å². The van der Waals surface area contributed by atoms with Gasteiger partial charge in [0.1, 0.15) is 5.76 Å². The molecule has 1 aromatic heterocycles. The Bertz CT molecular complexity index is 877. The van der Waals surface area contributed by atoms with E-state index in [0.717, 1.165) is 4.90 Å². The summed E-state index contributed by atoms with van der Waals surface area (Å²) in [6, 6.07) is 9.35. The number of hydrogen-bond acceptors (Lipinski definition) is 6. The quantitative estimate of drug-likeness (QED) is 0.546. The molecule has 1 fully saturated rings. The molecule has 9 nitrogen and oxygen atoms in total. The number of furan rings is 1. The number of carbonyl (C=O) groups excluding carboxylic acids is 4. The van der Waals surface area contributed by atoms with Crippen molar-refractivity contribution >= 4 is 23.8 Å². The fourth-order valence-corrected chi connectivity index (χ4v) is 2.65. The first kappa shape index (κ1) is 19.2. The number of benzene rings is 1. The number of carbonyl (C=O) groups is 4. The van der Waals surface area contributed by atoms with E-state index in [4.69, 9.17) is 9.15 Å². The number of nitrogens with zero attached hydrogens (tertiary/aromatic N) is 1. The lowest BCUT2D eigenvalue weighted by molar-refractivity contribution is -0.129. The van der Waals surface area contributed by atoms with Gasteiger partial charge in [0, 0.05) is 0 Å². The van der Waals surface area contributed by atoms with Crippen LogP contribution in [0.15, 0.2) is 47.1 Å². The highest BCUT2D eigenvalue weighted by molar-refractivity contribution is 6.02. The third-order valence-corrected chi connectivity index (χ3v) is 4.17. The fraction of sp³-hybridized carbons (Fsp3) is 0.263. The Labute approximate surface area is 160 Å². The van der Waals surface area contributed by atoms with Crippen LogP contribution in [-0.4, -0.2) is 41.4 Å². The average molecular weight is 385 g/mol. The number of nitrogens with one attached hydrogen (secondary N) is 2. The van der Waals surface area contributed by atoms with Gasteiger partial charge >= 0.3 is 12.0 Å². The van der Waals surface area contributed by atoms with Crippen molar-refractivity contribution in [3.8, 4) is 0 Å². The van der Waals surface area contributed by atoms with Gasteiger partial charge < -0.3 is 19.8 Å². The van der Waals surface area contributed by atoms with Crippen LogP contribution in [0.3, 0.4) is 0 Å². The summed E-state index contributed by atoms with van der Waals surface area (Å²) in [5.41, 5.74) is 0.627. The Kier molecular flexibility index (Phi) is 5.73. The first-order chi connectivity index (χ1) is 13.5. The SMILES string of the molecule is CC(OC(=O)c1ccccc1CN1C(=O)CNC1=O)C(=O)NCc1ccco1. The maximum absolute atomic E-state index is 12.5. The lowest BCUT2D eigenvalue weighted by Crippen LogP contribution is -2.36. The molecule has 4 amide bonds. The largest absolute Gasteiger partial charge is 0.467 e. The molecule has 0 bridgehead atoms. The summed E-state index contributed by atoms with van der Waals surface area (Å²) in [5, 5.41) is 5.03. The van der Waals surface area contributed by atoms with Crippen LogP contribution in [0.4, 0.5) is 4.79 Å². The van der Waals surface area contributed by atoms with Gasteiger partial charge in [0.05, 0.1) is 31.5 Å². The number of urea groups is 1. The zero-order chi connectivity index (χ0) is 20.1. The monoisotopic (exact) mass is 385 g/mol. The molecular weight excluding hydrogens is 366 g/mol. The highest BCUT2D eigenvalue weighted by atomic mass is 16.5. The molecule has 28 heavy (non-hydrogen) atoms. The van der Waals surface area contributed by atoms with Gasteiger partial charge in [-0.3, -0.25) is 14.5 Å². The van der Waals surface area contributed by atoms with E-state index < -0.39 is 24.0 Å². The van der Waals surface area contributed by atoms with E-state index in [9.17, 15) is 19.2 Å². The summed E-state index contributed by atoms with van der Waals surface area (Å²) in [7, 11) is 0. The van der Waals surface area contributed by atoms with E-state index in [1.54, 1.807) is 30.3 Å². The van der Waals surface area contributed by atoms with E-state index >= 15 is 0 Å². The summed E-state index contributed by atoms with van der Waals surface area (Å²) < 4.78 is 10.4. The topological polar surface area (TPSA) is 118 Å². The minimum atomic E-state index is -1.03. The second-order valence-corrected chi connectivity index (χ2v) is 6.14. The number of imide groups is 1. The molecule has 0 radical (unpaired) electrons. The number of amides is 4. The van der Waals surface area contributed by atoms with E-state index in [2.05, 4.69) is 10.6 Å². The highest BCUT2D eigenvalue weighted by Gasteiger charge is 2.30. The van der Waals surface area contributed by atoms with Crippen molar-refractivity contribution in [2.45, 2.75) is 26.1 Å². The van der Waals surface area contributed by atoms with E-state index in [1.807, 2.05) is 0 Å². The van der Waals surface area contributed by atoms with Crippen LogP contribution in [0, 0.1) is 0 Å². The van der Waals surface area contributed by atoms with Gasteiger partial charge in [-0.25, -0.2) is 9.59 Å². The van der Waals surface area contributed by atoms with Gasteiger partial charge in [-0.05, 0) is 30.7 Å². The van der Waals surface area contributed by atoms with Gasteiger partial charge in [0.25, 0.3) is 5.91 Å². The Balaban J connectivity index is 1.63. The molecule has 1 aromatic carbocycles. The van der Waals surface area contributed by atoms with Crippen LogP contribution in [0.1, 0.15) is 28.6 Å². The van der Waals surface area contributed by atoms with Crippen molar-refractivity contribution in [2.75, 3.05) is 6.54 Å². The molecule has 1 aliphatic heterocycles. The molecule has 0 saturated carbocycles. The predicted octanol–water partition coefficient (Wildman–Crippen LogP) is 1.19. The summed E-state index contributed by atoms with van der Waals surface area (Å²) in [6.07, 6.45) is 0.458. The Morgan fingerprint density at radius 1 is 1.25 bits per heavy atom. The van der Waals surface area contributed by atoms with Crippen molar-refractivity contribution in [2.24, 2.45) is 0 Å². The molecule has 146 valence electrons. The third-order valence-electron chi connectivity index (χ3n) is 4.17. The molecule has 0 aliphatic carbocycles. The lowest BCUT2D eigenvalue weighted by atomic mass is 10.1. The Hall–Kier alpha value is -3.62. The number of esters is 1. The van der Waals surface area contributed by atoms with Gasteiger partial charge in [-0.15, -0.1) is 0 Å². The molecule has 2 aromatic rings. The van der Waals surface area contributed by atoms with Crippen molar-refractivity contribution in [3.63, 3.8) is 0 Å². The predicted molar refractivity (Wildman–Crippen MR) is 95.8 cm³/mol. The summed E-state index contributed by atoms with van der Waals surface area (Å²) in [6.45, 7) is 1.50. The number of rotatable bonds is 7. The maximum Gasteiger partial charge on any atom is 0.339 e. The zero-order valence-electron chi connectivity index (χ0n) is 15.1. The van der Waals surface area contributed by atoms with E-state index in [-0.39, 0.29) is 31.1 Å². The molecule has 9 heteroatoms. The molecule has 1 aliphatic rings. The molecule has 2 N–H and O–H groups in total. The second-order valence-electron chi connectivity index (χ2n) is 6.14. The zero-order valence-corrected chi connectivity index (χ0v) is 15.1. The van der Waals surface area contributed by atoms with Crippen LogP contribution < -0.4 is 10.6 Å². The summed E-state index contributed by atoms with van der Waals surface area (Å²) in [4.78, 5) is 49.2. The minimum absolute atomic E-state index is 0.0605. The van der Waals surface area contributed by atoms with Crippen molar-refractivity contribution in [1.82, 2.24) is 15.5 Å². The Morgan fingerprint density at radius 2 is 2.04 bits per heavy atom. The lowest BCUT2D eigenvalue weighted by Gasteiger charge is -2.17. The Morgan fingerprint density at radius 3 is 2.71 bits per heavy atom. The normalized spacial score (nSPS) is 14.5. The molecule has 2 heterocycles. The number of ether oxygens (including phenoxy) is 1. The van der Waals surface area contributed by atoms with Crippen molar-refractivity contribution in [3.05, 3.63) is 59.5 Å². The molecule has 1 unspecified atom stereocenters. The number of hydrogen-bond donors (Lipinski definition) is 2. The molecule has 1 saturated heterocycles. The first-order valence-corrected chi connectivity index (χ1v) is 8.63. The maximum atomic E-state index is 12.5. The van der Waals surface area contributed by atoms with Crippen LogP contribution >= 0.6 is 0 Å². The smallest absolute Gasteiger partial charge is 0.339 e. The van der Waals surface area contributed by atoms with Gasteiger partial charge in [0.2, 0.25) is 5.91 Å². The summed E-state index contributed by atoms with van der Waals surface area (Å²) in [5.74, 6) is -0.996. The van der Waals surface area contributed by atoms with Crippen molar-refractivity contribution < 1.29 is 28.3 Å². The summed E-state index contributed by atoms with van der Waals surface area (Å²) >= 11 is 0. The highest BCUT2D eigenvalue weighted by Crippen LogP contribution is 2.16. The van der Waals surface area contributed by atoms with Gasteiger partial charge in [-0.2, -0.15) is 0 Å². The van der Waals surface area contributed by atoms with Gasteiger partial charge in [0.15, 0.2) is 6.10 Å². The van der Waals surface area contributed by atoms with Crippen LogP contribution in [0.5, 0.6) is 0 Å².